The molecule has 0 bridgehead atoms. The number of carboxylic acid groups (broad SMARTS) is 1. The fourth-order valence-corrected chi connectivity index (χ4v) is 8.94. The van der Waals surface area contributed by atoms with Crippen molar-refractivity contribution in [1.82, 2.24) is 8.87 Å². The summed E-state index contributed by atoms with van der Waals surface area (Å²) in [6.45, 7) is 3.03. The van der Waals surface area contributed by atoms with Crippen LogP contribution in [-0.4, -0.2) is 47.5 Å². The summed E-state index contributed by atoms with van der Waals surface area (Å²) in [7, 11) is -4.57. The summed E-state index contributed by atoms with van der Waals surface area (Å²) in [5.74, 6) is -1.62. The molecule has 0 radical (unpaired) electrons. The molecule has 1 aliphatic carbocycles. The summed E-state index contributed by atoms with van der Waals surface area (Å²) >= 11 is 0. The number of benzene rings is 3. The zero-order valence-electron chi connectivity index (χ0n) is 26.0. The Morgan fingerprint density at radius 1 is 1.02 bits per heavy atom. The molecule has 1 aromatic heterocycles. The van der Waals surface area contributed by atoms with E-state index < -0.39 is 50.9 Å². The van der Waals surface area contributed by atoms with Gasteiger partial charge in [-0.15, -0.1) is 0 Å². The first-order valence-electron chi connectivity index (χ1n) is 15.7. The summed E-state index contributed by atoms with van der Waals surface area (Å²) in [5, 5.41) is 14.8. The normalized spacial score (nSPS) is 18.5. The smallest absolute Gasteiger partial charge is 0.416 e. The number of halogens is 3. The molecule has 6 rings (SSSR count). The molecule has 2 heterocycles. The highest BCUT2D eigenvalue weighted by Gasteiger charge is 2.45. The maximum atomic E-state index is 14.6. The number of alkyl halides is 3. The fraction of sp³-hybridized carbons (Fsp3) is 0.371. The lowest BCUT2D eigenvalue weighted by Crippen LogP contribution is -2.51. The number of aliphatic carboxylic acids is 1. The number of nitrogens with one attached hydrogen (secondary N) is 1. The van der Waals surface area contributed by atoms with Crippen molar-refractivity contribution >= 4 is 32.5 Å². The lowest BCUT2D eigenvalue weighted by molar-refractivity contribution is -0.141. The number of carbonyl (C=O) groups is 1. The number of hydrogen-bond donors (Lipinski definition) is 2. The van der Waals surface area contributed by atoms with E-state index in [-0.39, 0.29) is 47.3 Å². The van der Waals surface area contributed by atoms with Gasteiger partial charge in [-0.05, 0) is 58.4 Å². The standard InChI is InChI=1S/C35H36F3N3O5S/c1-21(2)19-40-20-29(34(43)44)41-32(42)31(39-26-14-4-5-15-26)28(18-23-11-7-10-22-9-3-6-16-27(22)23)30(33(41)47(40,45)46)24-12-8-13-25(17-24)35(36,37)38/h3,6-13,16-17,21,26,29,39H,4-5,14-15,18-20H2,1-2H3,(H,43,44). The van der Waals surface area contributed by atoms with E-state index in [1.165, 1.54) is 12.1 Å². The predicted octanol–water partition coefficient (Wildman–Crippen LogP) is 6.92. The van der Waals surface area contributed by atoms with Gasteiger partial charge in [0.15, 0.2) is 5.03 Å². The Balaban J connectivity index is 1.76. The molecule has 1 atom stereocenters. The first-order valence-corrected chi connectivity index (χ1v) is 17.2. The molecule has 2 aliphatic rings. The number of aromatic nitrogens is 1. The summed E-state index contributed by atoms with van der Waals surface area (Å²) in [4.78, 5) is 27.4. The molecule has 8 nitrogen and oxygen atoms in total. The molecule has 0 saturated heterocycles. The third-order valence-electron chi connectivity index (χ3n) is 9.02. The second-order valence-electron chi connectivity index (χ2n) is 12.8. The van der Waals surface area contributed by atoms with Crippen LogP contribution in [0.5, 0.6) is 0 Å². The molecule has 4 aromatic rings. The topological polar surface area (TPSA) is 109 Å². The Kier molecular flexibility index (Phi) is 8.69. The van der Waals surface area contributed by atoms with Crippen molar-refractivity contribution in [2.24, 2.45) is 5.92 Å². The Bertz CT molecular complexity index is 2010. The van der Waals surface area contributed by atoms with Crippen LogP contribution in [0.4, 0.5) is 18.9 Å². The quantitative estimate of drug-likeness (QED) is 0.211. The van der Waals surface area contributed by atoms with Gasteiger partial charge in [-0.25, -0.2) is 13.2 Å². The van der Waals surface area contributed by atoms with Gasteiger partial charge in [-0.2, -0.15) is 17.5 Å². The predicted molar refractivity (Wildman–Crippen MR) is 174 cm³/mol. The number of hydrogen-bond acceptors (Lipinski definition) is 5. The van der Waals surface area contributed by atoms with Crippen LogP contribution >= 0.6 is 0 Å². The Hall–Kier alpha value is -4.16. The zero-order chi connectivity index (χ0) is 33.7. The van der Waals surface area contributed by atoms with Crippen LogP contribution in [0.3, 0.4) is 0 Å². The van der Waals surface area contributed by atoms with Gasteiger partial charge >= 0.3 is 12.1 Å². The molecular formula is C35H36F3N3O5S. The van der Waals surface area contributed by atoms with Crippen LogP contribution in [0.15, 0.2) is 76.6 Å². The van der Waals surface area contributed by atoms with E-state index in [0.717, 1.165) is 63.0 Å². The van der Waals surface area contributed by atoms with E-state index in [1.54, 1.807) is 13.8 Å². The highest BCUT2D eigenvalue weighted by molar-refractivity contribution is 7.89. The van der Waals surface area contributed by atoms with E-state index in [4.69, 9.17) is 0 Å². The van der Waals surface area contributed by atoms with Crippen LogP contribution in [-0.2, 0) is 27.4 Å². The van der Waals surface area contributed by atoms with Crippen LogP contribution < -0.4 is 10.9 Å². The molecule has 0 spiro atoms. The number of carboxylic acids is 1. The molecule has 2 N–H and O–H groups in total. The maximum Gasteiger partial charge on any atom is 0.416 e. The number of pyridine rings is 1. The molecule has 1 fully saturated rings. The van der Waals surface area contributed by atoms with Crippen molar-refractivity contribution in [3.8, 4) is 11.1 Å². The minimum atomic E-state index is -4.74. The van der Waals surface area contributed by atoms with Crippen molar-refractivity contribution in [2.45, 2.75) is 69.2 Å². The van der Waals surface area contributed by atoms with Crippen LogP contribution in [0, 0.1) is 5.92 Å². The highest BCUT2D eigenvalue weighted by atomic mass is 32.2. The number of anilines is 1. The largest absolute Gasteiger partial charge is 0.480 e. The van der Waals surface area contributed by atoms with Crippen LogP contribution in [0.25, 0.3) is 21.9 Å². The Labute approximate surface area is 270 Å². The number of fused-ring (bicyclic) bond motifs is 2. The average molecular weight is 668 g/mol. The third kappa shape index (κ3) is 6.16. The van der Waals surface area contributed by atoms with Gasteiger partial charge in [-0.1, -0.05) is 81.3 Å². The van der Waals surface area contributed by atoms with Crippen molar-refractivity contribution in [3.63, 3.8) is 0 Å². The van der Waals surface area contributed by atoms with E-state index in [1.807, 2.05) is 42.5 Å². The van der Waals surface area contributed by atoms with E-state index in [2.05, 4.69) is 5.32 Å². The minimum Gasteiger partial charge on any atom is -0.480 e. The summed E-state index contributed by atoms with van der Waals surface area (Å²) < 4.78 is 73.2. The second-order valence-corrected chi connectivity index (χ2v) is 14.7. The first-order chi connectivity index (χ1) is 22.3. The molecule has 47 heavy (non-hydrogen) atoms. The maximum absolute atomic E-state index is 14.6. The Morgan fingerprint density at radius 2 is 1.70 bits per heavy atom. The van der Waals surface area contributed by atoms with Gasteiger partial charge in [0.2, 0.25) is 0 Å². The number of nitrogens with zero attached hydrogens (tertiary/aromatic N) is 2. The van der Waals surface area contributed by atoms with Crippen LogP contribution in [0.2, 0.25) is 0 Å². The Morgan fingerprint density at radius 3 is 2.38 bits per heavy atom. The fourth-order valence-electron chi connectivity index (χ4n) is 6.90. The van der Waals surface area contributed by atoms with E-state index >= 15 is 0 Å². The molecule has 0 amide bonds. The van der Waals surface area contributed by atoms with Crippen molar-refractivity contribution < 1.29 is 31.5 Å². The molecule has 1 aliphatic heterocycles. The molecule has 12 heteroatoms. The highest BCUT2D eigenvalue weighted by Crippen LogP contribution is 2.43. The SMILES string of the molecule is CC(C)CN1CC(C(=O)O)n2c(c(-c3cccc(C(F)(F)F)c3)c(Cc3cccc4ccccc34)c(NC3CCCC3)c2=O)S1(=O)=O. The van der Waals surface area contributed by atoms with Crippen molar-refractivity contribution in [3.05, 3.63) is 93.8 Å². The van der Waals surface area contributed by atoms with E-state index in [9.17, 15) is 36.3 Å². The second kappa shape index (κ2) is 12.5. The molecule has 1 unspecified atom stereocenters. The molecule has 3 aromatic carbocycles. The van der Waals surface area contributed by atoms with Crippen molar-refractivity contribution in [1.29, 1.82) is 0 Å². The zero-order valence-corrected chi connectivity index (χ0v) is 26.9. The lowest BCUT2D eigenvalue weighted by Gasteiger charge is -2.37. The molecule has 248 valence electrons. The van der Waals surface area contributed by atoms with E-state index in [0.29, 0.717) is 0 Å². The van der Waals surface area contributed by atoms with Gasteiger partial charge in [-0.3, -0.25) is 9.36 Å². The lowest BCUT2D eigenvalue weighted by atomic mass is 9.91. The van der Waals surface area contributed by atoms with Gasteiger partial charge < -0.3 is 10.4 Å². The monoisotopic (exact) mass is 667 g/mol. The van der Waals surface area contributed by atoms with Gasteiger partial charge in [0.1, 0.15) is 11.7 Å². The van der Waals surface area contributed by atoms with Crippen molar-refractivity contribution in [2.75, 3.05) is 18.4 Å². The molecular weight excluding hydrogens is 631 g/mol. The van der Waals surface area contributed by atoms with Gasteiger partial charge in [0.25, 0.3) is 15.6 Å². The minimum absolute atomic E-state index is 0.00248. The van der Waals surface area contributed by atoms with Gasteiger partial charge in [0, 0.05) is 31.1 Å². The number of rotatable bonds is 8. The first kappa shape index (κ1) is 32.8. The van der Waals surface area contributed by atoms with Gasteiger partial charge in [0.05, 0.1) is 5.56 Å². The van der Waals surface area contributed by atoms with Crippen LogP contribution in [0.1, 0.15) is 62.3 Å². The molecule has 1 saturated carbocycles. The summed E-state index contributed by atoms with van der Waals surface area (Å²) in [6, 6.07) is 15.7. The third-order valence-corrected chi connectivity index (χ3v) is 10.9. The summed E-state index contributed by atoms with van der Waals surface area (Å²) in [5.41, 5.74) is -1.04. The summed E-state index contributed by atoms with van der Waals surface area (Å²) in [6.07, 6.45) is -1.47. The number of sulfonamides is 1. The average Bonchev–Trinajstić information content (AvgIpc) is 3.53.